The van der Waals surface area contributed by atoms with Crippen molar-refractivity contribution >= 4 is 17.0 Å². The van der Waals surface area contributed by atoms with Crippen LogP contribution >= 0.6 is 0 Å². The van der Waals surface area contributed by atoms with Gasteiger partial charge in [0.25, 0.3) is 0 Å². The Labute approximate surface area is 120 Å². The molecule has 0 unspecified atom stereocenters. The SMILES string of the molecule is O=C([C@H]1C[C@H]1c1ccccc1)n1c(=O)oc2ccccc21. The van der Waals surface area contributed by atoms with Crippen LogP contribution in [0.3, 0.4) is 0 Å². The highest BCUT2D eigenvalue weighted by atomic mass is 16.4. The van der Waals surface area contributed by atoms with Crippen LogP contribution in [0.5, 0.6) is 0 Å². The molecule has 4 rings (SSSR count). The Hall–Kier alpha value is -2.62. The molecule has 1 aliphatic rings. The van der Waals surface area contributed by atoms with Gasteiger partial charge in [-0.15, -0.1) is 0 Å². The highest BCUT2D eigenvalue weighted by molar-refractivity contribution is 5.92. The molecule has 4 nitrogen and oxygen atoms in total. The molecular formula is C17H13NO3. The van der Waals surface area contributed by atoms with Crippen molar-refractivity contribution in [2.75, 3.05) is 0 Å². The lowest BCUT2D eigenvalue weighted by Gasteiger charge is -2.01. The van der Waals surface area contributed by atoms with Gasteiger partial charge in [0.2, 0.25) is 5.91 Å². The van der Waals surface area contributed by atoms with Crippen LogP contribution in [0.15, 0.2) is 63.8 Å². The van der Waals surface area contributed by atoms with Crippen molar-refractivity contribution in [2.24, 2.45) is 5.92 Å². The Morgan fingerprint density at radius 2 is 1.76 bits per heavy atom. The lowest BCUT2D eigenvalue weighted by atomic mass is 10.1. The molecule has 0 amide bonds. The molecule has 21 heavy (non-hydrogen) atoms. The molecule has 0 spiro atoms. The molecule has 2 atom stereocenters. The number of fused-ring (bicyclic) bond motifs is 1. The van der Waals surface area contributed by atoms with Crippen molar-refractivity contribution in [1.82, 2.24) is 4.57 Å². The van der Waals surface area contributed by atoms with E-state index in [1.807, 2.05) is 30.3 Å². The fourth-order valence-corrected chi connectivity index (χ4v) is 2.88. The monoisotopic (exact) mass is 279 g/mol. The number of benzene rings is 2. The first-order valence-electron chi connectivity index (χ1n) is 6.95. The molecule has 0 radical (unpaired) electrons. The van der Waals surface area contributed by atoms with Gasteiger partial charge in [-0.2, -0.15) is 0 Å². The van der Waals surface area contributed by atoms with Gasteiger partial charge in [0.1, 0.15) is 0 Å². The average Bonchev–Trinajstić information content (AvgIpc) is 3.24. The van der Waals surface area contributed by atoms with Crippen molar-refractivity contribution in [3.8, 4) is 0 Å². The fraction of sp³-hybridized carbons (Fsp3) is 0.176. The average molecular weight is 279 g/mol. The lowest BCUT2D eigenvalue weighted by molar-refractivity contribution is 0.0880. The molecular weight excluding hydrogens is 266 g/mol. The van der Waals surface area contributed by atoms with Gasteiger partial charge in [0.15, 0.2) is 5.58 Å². The number of rotatable bonds is 2. The van der Waals surface area contributed by atoms with E-state index in [9.17, 15) is 9.59 Å². The minimum Gasteiger partial charge on any atom is -0.407 e. The summed E-state index contributed by atoms with van der Waals surface area (Å²) < 4.78 is 6.30. The van der Waals surface area contributed by atoms with Crippen LogP contribution in [0.1, 0.15) is 22.7 Å². The highest BCUT2D eigenvalue weighted by Gasteiger charge is 2.45. The molecule has 1 aliphatic carbocycles. The van der Waals surface area contributed by atoms with Gasteiger partial charge < -0.3 is 4.42 Å². The maximum absolute atomic E-state index is 12.6. The van der Waals surface area contributed by atoms with Gasteiger partial charge in [0.05, 0.1) is 5.52 Å². The summed E-state index contributed by atoms with van der Waals surface area (Å²) >= 11 is 0. The quantitative estimate of drug-likeness (QED) is 0.724. The van der Waals surface area contributed by atoms with E-state index in [-0.39, 0.29) is 17.7 Å². The van der Waals surface area contributed by atoms with Gasteiger partial charge in [-0.3, -0.25) is 4.79 Å². The summed E-state index contributed by atoms with van der Waals surface area (Å²) in [6, 6.07) is 16.9. The molecule has 3 aromatic rings. The number of para-hydroxylation sites is 2. The Morgan fingerprint density at radius 3 is 2.57 bits per heavy atom. The normalized spacial score (nSPS) is 20.6. The van der Waals surface area contributed by atoms with Crippen LogP contribution < -0.4 is 5.76 Å². The van der Waals surface area contributed by atoms with Crippen molar-refractivity contribution in [3.05, 3.63) is 70.7 Å². The summed E-state index contributed by atoms with van der Waals surface area (Å²) in [7, 11) is 0. The second kappa shape index (κ2) is 4.45. The molecule has 2 aromatic carbocycles. The smallest absolute Gasteiger partial charge is 0.407 e. The van der Waals surface area contributed by atoms with Crippen LogP contribution in [-0.4, -0.2) is 10.5 Å². The summed E-state index contributed by atoms with van der Waals surface area (Å²) in [5, 5.41) is 0. The summed E-state index contributed by atoms with van der Waals surface area (Å²) in [5.74, 6) is -0.691. The minimum absolute atomic E-state index is 0.133. The first-order chi connectivity index (χ1) is 10.3. The molecule has 4 heteroatoms. The van der Waals surface area contributed by atoms with E-state index < -0.39 is 5.76 Å². The third-order valence-corrected chi connectivity index (χ3v) is 4.04. The van der Waals surface area contributed by atoms with E-state index in [0.29, 0.717) is 11.1 Å². The van der Waals surface area contributed by atoms with E-state index in [1.54, 1.807) is 24.3 Å². The summed E-state index contributed by atoms with van der Waals surface area (Å²) in [5.41, 5.74) is 2.15. The zero-order valence-electron chi connectivity index (χ0n) is 11.2. The van der Waals surface area contributed by atoms with Crippen molar-refractivity contribution < 1.29 is 9.21 Å². The van der Waals surface area contributed by atoms with Crippen LogP contribution in [0.4, 0.5) is 0 Å². The predicted molar refractivity (Wildman–Crippen MR) is 78.4 cm³/mol. The molecule has 0 bridgehead atoms. The Morgan fingerprint density at radius 1 is 1.05 bits per heavy atom. The van der Waals surface area contributed by atoms with Crippen LogP contribution in [0.25, 0.3) is 11.1 Å². The molecule has 1 saturated carbocycles. The molecule has 104 valence electrons. The molecule has 0 aliphatic heterocycles. The zero-order valence-corrected chi connectivity index (χ0v) is 11.2. The van der Waals surface area contributed by atoms with Gasteiger partial charge in [-0.1, -0.05) is 42.5 Å². The molecule has 1 aromatic heterocycles. The second-order valence-electron chi connectivity index (χ2n) is 5.37. The van der Waals surface area contributed by atoms with Crippen LogP contribution in [-0.2, 0) is 0 Å². The number of oxazole rings is 1. The molecule has 0 N–H and O–H groups in total. The van der Waals surface area contributed by atoms with Crippen molar-refractivity contribution in [1.29, 1.82) is 0 Å². The van der Waals surface area contributed by atoms with E-state index in [0.717, 1.165) is 12.0 Å². The number of aromatic nitrogens is 1. The Bertz CT molecular complexity index is 876. The van der Waals surface area contributed by atoms with E-state index >= 15 is 0 Å². The Kier molecular flexibility index (Phi) is 2.57. The van der Waals surface area contributed by atoms with Crippen LogP contribution in [0.2, 0.25) is 0 Å². The van der Waals surface area contributed by atoms with Gasteiger partial charge >= 0.3 is 5.76 Å². The summed E-state index contributed by atoms with van der Waals surface area (Å²) in [4.78, 5) is 24.5. The van der Waals surface area contributed by atoms with Gasteiger partial charge in [-0.05, 0) is 30.0 Å². The summed E-state index contributed by atoms with van der Waals surface area (Å²) in [6.07, 6.45) is 0.787. The molecule has 1 fully saturated rings. The Balaban J connectivity index is 1.70. The zero-order chi connectivity index (χ0) is 14.4. The number of carbonyl (C=O) groups excluding carboxylic acids is 1. The highest BCUT2D eigenvalue weighted by Crippen LogP contribution is 2.48. The molecule has 1 heterocycles. The third kappa shape index (κ3) is 1.91. The lowest BCUT2D eigenvalue weighted by Crippen LogP contribution is -2.24. The number of carbonyl (C=O) groups is 1. The largest absolute Gasteiger partial charge is 0.426 e. The minimum atomic E-state index is -0.597. The van der Waals surface area contributed by atoms with Crippen molar-refractivity contribution in [3.63, 3.8) is 0 Å². The second-order valence-corrected chi connectivity index (χ2v) is 5.37. The van der Waals surface area contributed by atoms with Crippen molar-refractivity contribution in [2.45, 2.75) is 12.3 Å². The van der Waals surface area contributed by atoms with E-state index in [4.69, 9.17) is 4.42 Å². The number of hydrogen-bond donors (Lipinski definition) is 0. The maximum Gasteiger partial charge on any atom is 0.426 e. The summed E-state index contributed by atoms with van der Waals surface area (Å²) in [6.45, 7) is 0. The fourth-order valence-electron chi connectivity index (χ4n) is 2.88. The maximum atomic E-state index is 12.6. The molecule has 0 saturated heterocycles. The first-order valence-corrected chi connectivity index (χ1v) is 6.95. The van der Waals surface area contributed by atoms with Crippen LogP contribution in [0, 0.1) is 5.92 Å². The van der Waals surface area contributed by atoms with Gasteiger partial charge in [0, 0.05) is 5.92 Å². The predicted octanol–water partition coefficient (Wildman–Crippen LogP) is 3.04. The topological polar surface area (TPSA) is 52.2 Å². The number of hydrogen-bond acceptors (Lipinski definition) is 3. The number of nitrogens with zero attached hydrogens (tertiary/aromatic N) is 1. The van der Waals surface area contributed by atoms with E-state index in [2.05, 4.69) is 0 Å². The third-order valence-electron chi connectivity index (χ3n) is 4.04. The first kappa shape index (κ1) is 12.1. The van der Waals surface area contributed by atoms with Gasteiger partial charge in [-0.25, -0.2) is 9.36 Å². The standard InChI is InChI=1S/C17H13NO3/c19-16(13-10-12(13)11-6-2-1-3-7-11)18-14-8-4-5-9-15(14)21-17(18)20/h1-9,12-13H,10H2/t12-,13-/m0/s1. The van der Waals surface area contributed by atoms with E-state index in [1.165, 1.54) is 4.57 Å².